The topological polar surface area (TPSA) is 57.7 Å². The van der Waals surface area contributed by atoms with Crippen LogP contribution in [0.25, 0.3) is 0 Å². The van der Waals surface area contributed by atoms with Gasteiger partial charge in [0.05, 0.1) is 6.54 Å². The smallest absolute Gasteiger partial charge is 0.317 e. The van der Waals surface area contributed by atoms with Gasteiger partial charge in [0.15, 0.2) is 11.6 Å². The monoisotopic (exact) mass is 346 g/mol. The van der Waals surface area contributed by atoms with Gasteiger partial charge in [-0.25, -0.2) is 9.78 Å². The molecule has 3 rings (SSSR count). The Kier molecular flexibility index (Phi) is 5.20. The molecule has 0 radical (unpaired) electrons. The lowest BCUT2D eigenvalue weighted by Crippen LogP contribution is -2.39. The predicted molar refractivity (Wildman–Crippen MR) is 95.7 cm³/mol. The van der Waals surface area contributed by atoms with E-state index in [4.69, 9.17) is 4.74 Å². The molecule has 0 aliphatic carbocycles. The van der Waals surface area contributed by atoms with Gasteiger partial charge in [-0.15, -0.1) is 0 Å². The number of anilines is 1. The Morgan fingerprint density at radius 3 is 3.12 bits per heavy atom. The van der Waals surface area contributed by atoms with E-state index in [1.54, 1.807) is 17.5 Å². The van der Waals surface area contributed by atoms with E-state index in [1.165, 1.54) is 0 Å². The lowest BCUT2D eigenvalue weighted by molar-refractivity contribution is 0.186. The summed E-state index contributed by atoms with van der Waals surface area (Å²) in [5.74, 6) is 1.56. The number of ether oxygens (including phenoxy) is 1. The number of hydrogen-bond acceptors (Lipinski definition) is 5. The van der Waals surface area contributed by atoms with Gasteiger partial charge in [0.25, 0.3) is 0 Å². The normalized spacial score (nSPS) is 16.9. The van der Waals surface area contributed by atoms with E-state index < -0.39 is 0 Å². The summed E-state index contributed by atoms with van der Waals surface area (Å²) in [5.41, 5.74) is 1.13. The van der Waals surface area contributed by atoms with Crippen LogP contribution in [0.2, 0.25) is 0 Å². The number of carbonyl (C=O) groups excluding carboxylic acids is 1. The first-order valence-electron chi connectivity index (χ1n) is 7.96. The van der Waals surface area contributed by atoms with Crippen LogP contribution in [0.4, 0.5) is 10.6 Å². The molecule has 2 aromatic rings. The average Bonchev–Trinajstić information content (AvgIpc) is 3.24. The second-order valence-corrected chi connectivity index (χ2v) is 6.76. The van der Waals surface area contributed by atoms with E-state index in [-0.39, 0.29) is 12.1 Å². The van der Waals surface area contributed by atoms with Gasteiger partial charge in [0, 0.05) is 39.8 Å². The minimum absolute atomic E-state index is 0.000187. The Morgan fingerprint density at radius 2 is 2.38 bits per heavy atom. The summed E-state index contributed by atoms with van der Waals surface area (Å²) < 4.78 is 6.07. The molecule has 1 atom stereocenters. The molecule has 7 heteroatoms. The van der Waals surface area contributed by atoms with E-state index in [9.17, 15) is 4.79 Å². The van der Waals surface area contributed by atoms with Crippen molar-refractivity contribution >= 4 is 23.2 Å². The summed E-state index contributed by atoms with van der Waals surface area (Å²) >= 11 is 1.63. The van der Waals surface area contributed by atoms with E-state index in [0.717, 1.165) is 23.6 Å². The maximum atomic E-state index is 12.3. The molecule has 0 aromatic carbocycles. The van der Waals surface area contributed by atoms with Crippen molar-refractivity contribution in [3.05, 3.63) is 40.7 Å². The molecule has 1 saturated heterocycles. The fourth-order valence-electron chi connectivity index (χ4n) is 2.68. The highest BCUT2D eigenvalue weighted by Gasteiger charge is 2.28. The predicted octanol–water partition coefficient (Wildman–Crippen LogP) is 2.57. The molecular weight excluding hydrogens is 324 g/mol. The van der Waals surface area contributed by atoms with Crippen molar-refractivity contribution in [2.75, 3.05) is 32.1 Å². The molecule has 2 aromatic heterocycles. The quantitative estimate of drug-likeness (QED) is 0.904. The number of likely N-dealkylation sites (tertiary alicyclic amines) is 1. The highest BCUT2D eigenvalue weighted by Crippen LogP contribution is 2.26. The minimum atomic E-state index is -0.0358. The van der Waals surface area contributed by atoms with Gasteiger partial charge in [-0.05, 0) is 34.5 Å². The van der Waals surface area contributed by atoms with Crippen molar-refractivity contribution in [2.24, 2.45) is 0 Å². The van der Waals surface area contributed by atoms with Crippen LogP contribution < -0.4 is 15.0 Å². The molecule has 3 heterocycles. The molecule has 0 unspecified atom stereocenters. The Hall–Kier alpha value is -2.28. The van der Waals surface area contributed by atoms with E-state index in [0.29, 0.717) is 19.6 Å². The van der Waals surface area contributed by atoms with Crippen LogP contribution in [-0.4, -0.2) is 49.2 Å². The van der Waals surface area contributed by atoms with Gasteiger partial charge in [0.1, 0.15) is 6.10 Å². The molecule has 2 amide bonds. The van der Waals surface area contributed by atoms with E-state index in [2.05, 4.69) is 10.3 Å². The van der Waals surface area contributed by atoms with E-state index in [1.807, 2.05) is 52.9 Å². The first kappa shape index (κ1) is 16.6. The van der Waals surface area contributed by atoms with Gasteiger partial charge in [-0.3, -0.25) is 0 Å². The number of urea groups is 1. The number of aromatic nitrogens is 1. The summed E-state index contributed by atoms with van der Waals surface area (Å²) in [4.78, 5) is 20.3. The Morgan fingerprint density at radius 1 is 1.50 bits per heavy atom. The van der Waals surface area contributed by atoms with Crippen molar-refractivity contribution in [2.45, 2.75) is 19.1 Å². The molecule has 1 fully saturated rings. The molecule has 0 spiro atoms. The largest absolute Gasteiger partial charge is 0.485 e. The molecule has 128 valence electrons. The van der Waals surface area contributed by atoms with Gasteiger partial charge in [0.2, 0.25) is 0 Å². The fourth-order valence-corrected chi connectivity index (χ4v) is 3.35. The number of carbonyl (C=O) groups is 1. The Balaban J connectivity index is 1.53. The Bertz CT molecular complexity index is 675. The number of hydrogen-bond donors (Lipinski definition) is 1. The zero-order valence-electron chi connectivity index (χ0n) is 13.9. The molecule has 1 aliphatic rings. The van der Waals surface area contributed by atoms with Gasteiger partial charge >= 0.3 is 6.03 Å². The number of thiophene rings is 1. The first-order valence-corrected chi connectivity index (χ1v) is 8.90. The minimum Gasteiger partial charge on any atom is -0.485 e. The number of nitrogens with zero attached hydrogens (tertiary/aromatic N) is 3. The lowest BCUT2D eigenvalue weighted by Gasteiger charge is -2.20. The van der Waals surface area contributed by atoms with Crippen molar-refractivity contribution in [3.63, 3.8) is 0 Å². The number of pyridine rings is 1. The average molecular weight is 346 g/mol. The van der Waals surface area contributed by atoms with Crippen LogP contribution in [0.15, 0.2) is 35.2 Å². The van der Waals surface area contributed by atoms with Crippen LogP contribution in [0.1, 0.15) is 12.0 Å². The number of nitrogens with one attached hydrogen (secondary N) is 1. The maximum absolute atomic E-state index is 12.3. The van der Waals surface area contributed by atoms with Crippen LogP contribution in [0, 0.1) is 0 Å². The second-order valence-electron chi connectivity index (χ2n) is 5.98. The highest BCUT2D eigenvalue weighted by atomic mass is 32.1. The molecule has 1 N–H and O–H groups in total. The lowest BCUT2D eigenvalue weighted by atomic mass is 10.3. The molecule has 6 nitrogen and oxygen atoms in total. The standard InChI is InChI=1S/C17H22N4O2S/c1-20(2)16-15(4-3-7-18-16)23-14-5-8-21(11-14)17(22)19-10-13-6-9-24-12-13/h3-4,6-7,9,12,14H,5,8,10-11H2,1-2H3,(H,19,22)/t14-/m1/s1. The zero-order chi connectivity index (χ0) is 16.9. The van der Waals surface area contributed by atoms with Crippen molar-refractivity contribution in [1.82, 2.24) is 15.2 Å². The van der Waals surface area contributed by atoms with Gasteiger partial charge < -0.3 is 19.9 Å². The Labute approximate surface area is 146 Å². The van der Waals surface area contributed by atoms with Gasteiger partial charge in [-0.1, -0.05) is 0 Å². The fraction of sp³-hybridized carbons (Fsp3) is 0.412. The van der Waals surface area contributed by atoms with E-state index >= 15 is 0 Å². The molecule has 0 saturated carbocycles. The van der Waals surface area contributed by atoms with Crippen LogP contribution in [-0.2, 0) is 6.54 Å². The highest BCUT2D eigenvalue weighted by molar-refractivity contribution is 7.07. The van der Waals surface area contributed by atoms with Crippen LogP contribution in [0.3, 0.4) is 0 Å². The summed E-state index contributed by atoms with van der Waals surface area (Å²) in [6, 6.07) is 5.77. The van der Waals surface area contributed by atoms with Crippen molar-refractivity contribution < 1.29 is 9.53 Å². The number of rotatable bonds is 5. The molecule has 0 bridgehead atoms. The van der Waals surface area contributed by atoms with Crippen LogP contribution >= 0.6 is 11.3 Å². The van der Waals surface area contributed by atoms with Crippen LogP contribution in [0.5, 0.6) is 5.75 Å². The molecular formula is C17H22N4O2S. The zero-order valence-corrected chi connectivity index (χ0v) is 14.8. The molecule has 1 aliphatic heterocycles. The summed E-state index contributed by atoms with van der Waals surface area (Å²) in [5, 5.41) is 7.01. The third-order valence-electron chi connectivity index (χ3n) is 3.92. The maximum Gasteiger partial charge on any atom is 0.317 e. The molecule has 24 heavy (non-hydrogen) atoms. The van der Waals surface area contributed by atoms with Gasteiger partial charge in [-0.2, -0.15) is 11.3 Å². The third kappa shape index (κ3) is 3.97. The number of amides is 2. The summed E-state index contributed by atoms with van der Waals surface area (Å²) in [7, 11) is 3.88. The summed E-state index contributed by atoms with van der Waals surface area (Å²) in [6.07, 6.45) is 2.58. The van der Waals surface area contributed by atoms with Crippen molar-refractivity contribution in [3.8, 4) is 5.75 Å². The summed E-state index contributed by atoms with van der Waals surface area (Å²) in [6.45, 7) is 1.87. The van der Waals surface area contributed by atoms with Crippen molar-refractivity contribution in [1.29, 1.82) is 0 Å². The second kappa shape index (κ2) is 7.53. The third-order valence-corrected chi connectivity index (χ3v) is 4.66. The SMILES string of the molecule is CN(C)c1ncccc1O[C@@H]1CCN(C(=O)NCc2ccsc2)C1. The first-order chi connectivity index (χ1) is 11.6.